The minimum atomic E-state index is -0.632. The van der Waals surface area contributed by atoms with Gasteiger partial charge in [0, 0.05) is 44.0 Å². The summed E-state index contributed by atoms with van der Waals surface area (Å²) in [5, 5.41) is 3.87. The molecule has 1 aromatic heterocycles. The molecule has 0 spiro atoms. The lowest BCUT2D eigenvalue weighted by Gasteiger charge is -2.24. The van der Waals surface area contributed by atoms with Crippen LogP contribution >= 0.6 is 0 Å². The van der Waals surface area contributed by atoms with Crippen molar-refractivity contribution in [2.45, 2.75) is 25.8 Å². The highest BCUT2D eigenvalue weighted by atomic mass is 16.5. The number of carbonyl (C=O) groups is 2. The van der Waals surface area contributed by atoms with Crippen molar-refractivity contribution in [1.29, 1.82) is 0 Å². The Morgan fingerprint density at radius 1 is 1.10 bits per heavy atom. The summed E-state index contributed by atoms with van der Waals surface area (Å²) in [6, 6.07) is 13.0. The van der Waals surface area contributed by atoms with Gasteiger partial charge in [-0.1, -0.05) is 24.3 Å². The predicted molar refractivity (Wildman–Crippen MR) is 120 cm³/mol. The van der Waals surface area contributed by atoms with E-state index < -0.39 is 6.04 Å². The molecule has 7 heteroatoms. The largest absolute Gasteiger partial charge is 0.493 e. The van der Waals surface area contributed by atoms with Crippen LogP contribution < -0.4 is 14.8 Å². The van der Waals surface area contributed by atoms with E-state index in [4.69, 9.17) is 9.47 Å². The molecule has 2 aromatic carbocycles. The molecular formula is C24H29N3O4. The number of hydrogen-bond acceptors (Lipinski definition) is 4. The minimum absolute atomic E-state index is 0.124. The van der Waals surface area contributed by atoms with Crippen LogP contribution in [0.25, 0.3) is 10.9 Å². The van der Waals surface area contributed by atoms with Crippen LogP contribution in [0.5, 0.6) is 11.5 Å². The SMILES string of the molecule is COc1ccc(CCN(C)C(=O)C(Cc2c[nH]c3ccccc23)NC(C)=O)cc1OC. The molecule has 0 aliphatic carbocycles. The van der Waals surface area contributed by atoms with E-state index in [2.05, 4.69) is 10.3 Å². The highest BCUT2D eigenvalue weighted by Gasteiger charge is 2.24. The Hall–Kier alpha value is -3.48. The number of nitrogens with one attached hydrogen (secondary N) is 2. The van der Waals surface area contributed by atoms with E-state index in [1.807, 2.05) is 48.7 Å². The monoisotopic (exact) mass is 423 g/mol. The Morgan fingerprint density at radius 3 is 2.55 bits per heavy atom. The van der Waals surface area contributed by atoms with Crippen molar-refractivity contribution in [3.05, 3.63) is 59.8 Å². The number of amides is 2. The lowest BCUT2D eigenvalue weighted by Crippen LogP contribution is -2.48. The van der Waals surface area contributed by atoms with Gasteiger partial charge in [-0.2, -0.15) is 0 Å². The highest BCUT2D eigenvalue weighted by Crippen LogP contribution is 2.27. The normalized spacial score (nSPS) is 11.7. The van der Waals surface area contributed by atoms with E-state index in [9.17, 15) is 9.59 Å². The fraction of sp³-hybridized carbons (Fsp3) is 0.333. The van der Waals surface area contributed by atoms with Gasteiger partial charge in [-0.3, -0.25) is 9.59 Å². The van der Waals surface area contributed by atoms with Gasteiger partial charge in [0.2, 0.25) is 11.8 Å². The molecule has 2 amide bonds. The van der Waals surface area contributed by atoms with Gasteiger partial charge in [-0.25, -0.2) is 0 Å². The van der Waals surface area contributed by atoms with Gasteiger partial charge < -0.3 is 24.7 Å². The maximum atomic E-state index is 13.1. The Labute approximate surface area is 182 Å². The van der Waals surface area contributed by atoms with Gasteiger partial charge in [0.15, 0.2) is 11.5 Å². The Kier molecular flexibility index (Phi) is 7.18. The summed E-state index contributed by atoms with van der Waals surface area (Å²) in [6.07, 6.45) is 2.97. The first kappa shape index (κ1) is 22.2. The predicted octanol–water partition coefficient (Wildman–Crippen LogP) is 2.93. The molecule has 7 nitrogen and oxygen atoms in total. The van der Waals surface area contributed by atoms with E-state index in [1.165, 1.54) is 6.92 Å². The van der Waals surface area contributed by atoms with Crippen LogP contribution in [0.15, 0.2) is 48.7 Å². The number of methoxy groups -OCH3 is 2. The summed E-state index contributed by atoms with van der Waals surface area (Å²) >= 11 is 0. The zero-order valence-electron chi connectivity index (χ0n) is 18.4. The highest BCUT2D eigenvalue weighted by molar-refractivity contribution is 5.89. The number of aromatic amines is 1. The molecule has 0 fully saturated rings. The van der Waals surface area contributed by atoms with Gasteiger partial charge in [0.05, 0.1) is 14.2 Å². The van der Waals surface area contributed by atoms with Gasteiger partial charge in [0.1, 0.15) is 6.04 Å². The lowest BCUT2D eigenvalue weighted by atomic mass is 10.0. The number of ether oxygens (including phenoxy) is 2. The van der Waals surface area contributed by atoms with Crippen LogP contribution in [0.4, 0.5) is 0 Å². The molecule has 0 saturated carbocycles. The fourth-order valence-electron chi connectivity index (χ4n) is 3.68. The lowest BCUT2D eigenvalue weighted by molar-refractivity contribution is -0.134. The van der Waals surface area contributed by atoms with Crippen LogP contribution in [-0.4, -0.2) is 55.6 Å². The topological polar surface area (TPSA) is 83.7 Å². The molecule has 0 radical (unpaired) electrons. The standard InChI is InChI=1S/C24H29N3O4/c1-16(28)26-21(14-18-15-25-20-8-6-5-7-19(18)20)24(29)27(2)12-11-17-9-10-22(30-3)23(13-17)31-4/h5-10,13,15,21,25H,11-12,14H2,1-4H3,(H,26,28). The van der Waals surface area contributed by atoms with E-state index in [1.54, 1.807) is 26.2 Å². The number of aromatic nitrogens is 1. The number of nitrogens with zero attached hydrogens (tertiary/aromatic N) is 1. The summed E-state index contributed by atoms with van der Waals surface area (Å²) in [4.78, 5) is 29.8. The fourth-order valence-corrected chi connectivity index (χ4v) is 3.68. The average molecular weight is 424 g/mol. The first-order chi connectivity index (χ1) is 14.9. The van der Waals surface area contributed by atoms with Gasteiger partial charge in [-0.05, 0) is 35.7 Å². The second-order valence-corrected chi connectivity index (χ2v) is 7.52. The average Bonchev–Trinajstić information content (AvgIpc) is 3.18. The van der Waals surface area contributed by atoms with Crippen LogP contribution in [0.3, 0.4) is 0 Å². The van der Waals surface area contributed by atoms with E-state index in [-0.39, 0.29) is 11.8 Å². The minimum Gasteiger partial charge on any atom is -0.493 e. The van der Waals surface area contributed by atoms with Crippen molar-refractivity contribution in [3.63, 3.8) is 0 Å². The zero-order chi connectivity index (χ0) is 22.4. The third kappa shape index (κ3) is 5.36. The van der Waals surface area contributed by atoms with Crippen LogP contribution in [0.1, 0.15) is 18.1 Å². The summed E-state index contributed by atoms with van der Waals surface area (Å²) in [6.45, 7) is 1.94. The molecule has 1 atom stereocenters. The van der Waals surface area contributed by atoms with Crippen LogP contribution in [-0.2, 0) is 22.4 Å². The third-order valence-electron chi connectivity index (χ3n) is 5.33. The molecule has 1 heterocycles. The molecule has 164 valence electrons. The number of benzene rings is 2. The molecule has 3 aromatic rings. The number of hydrogen-bond donors (Lipinski definition) is 2. The summed E-state index contributed by atoms with van der Waals surface area (Å²) < 4.78 is 10.6. The molecule has 31 heavy (non-hydrogen) atoms. The van der Waals surface area contributed by atoms with Gasteiger partial charge >= 0.3 is 0 Å². The van der Waals surface area contributed by atoms with E-state index in [0.29, 0.717) is 30.9 Å². The van der Waals surface area contributed by atoms with Crippen molar-refractivity contribution >= 4 is 22.7 Å². The maximum Gasteiger partial charge on any atom is 0.245 e. The molecule has 3 rings (SSSR count). The third-order valence-corrected chi connectivity index (χ3v) is 5.33. The first-order valence-corrected chi connectivity index (χ1v) is 10.2. The molecule has 0 saturated heterocycles. The molecule has 0 aliphatic rings. The summed E-state index contributed by atoms with van der Waals surface area (Å²) in [5.74, 6) is 0.969. The van der Waals surface area contributed by atoms with Crippen molar-refractivity contribution in [2.24, 2.45) is 0 Å². The molecule has 2 N–H and O–H groups in total. The van der Waals surface area contributed by atoms with Crippen molar-refractivity contribution < 1.29 is 19.1 Å². The van der Waals surface area contributed by atoms with Crippen molar-refractivity contribution in [1.82, 2.24) is 15.2 Å². The number of H-pyrrole nitrogens is 1. The molecule has 1 unspecified atom stereocenters. The van der Waals surface area contributed by atoms with Crippen LogP contribution in [0, 0.1) is 0 Å². The number of fused-ring (bicyclic) bond motifs is 1. The Morgan fingerprint density at radius 2 is 1.84 bits per heavy atom. The van der Waals surface area contributed by atoms with Gasteiger partial charge in [0.25, 0.3) is 0 Å². The smallest absolute Gasteiger partial charge is 0.245 e. The second kappa shape index (κ2) is 10.0. The van der Waals surface area contributed by atoms with Crippen LogP contribution in [0.2, 0.25) is 0 Å². The number of carbonyl (C=O) groups excluding carboxylic acids is 2. The summed E-state index contributed by atoms with van der Waals surface area (Å²) in [5.41, 5.74) is 3.04. The van der Waals surface area contributed by atoms with Crippen molar-refractivity contribution in [3.8, 4) is 11.5 Å². The van der Waals surface area contributed by atoms with E-state index in [0.717, 1.165) is 22.0 Å². The number of rotatable bonds is 9. The maximum absolute atomic E-state index is 13.1. The Bertz CT molecular complexity index is 1060. The molecule has 0 aliphatic heterocycles. The van der Waals surface area contributed by atoms with Crippen molar-refractivity contribution in [2.75, 3.05) is 27.8 Å². The summed E-state index contributed by atoms with van der Waals surface area (Å²) in [7, 11) is 4.95. The first-order valence-electron chi connectivity index (χ1n) is 10.2. The number of likely N-dealkylation sites (N-methyl/N-ethyl adjacent to an activating group) is 1. The Balaban J connectivity index is 1.70. The second-order valence-electron chi connectivity index (χ2n) is 7.52. The number of para-hydroxylation sites is 1. The molecular weight excluding hydrogens is 394 g/mol. The quantitative estimate of drug-likeness (QED) is 0.554. The molecule has 0 bridgehead atoms. The van der Waals surface area contributed by atoms with E-state index >= 15 is 0 Å². The van der Waals surface area contributed by atoms with Gasteiger partial charge in [-0.15, -0.1) is 0 Å². The zero-order valence-corrected chi connectivity index (χ0v) is 18.4.